The number of rotatable bonds is 5. The van der Waals surface area contributed by atoms with E-state index in [9.17, 15) is 27.6 Å². The van der Waals surface area contributed by atoms with Crippen molar-refractivity contribution in [3.8, 4) is 5.75 Å². The fraction of sp³-hybridized carbons (Fsp3) is 0.211. The number of nitrogens with one attached hydrogen (secondary N) is 2. The van der Waals surface area contributed by atoms with E-state index in [1.54, 1.807) is 41.0 Å². The van der Waals surface area contributed by atoms with E-state index in [4.69, 9.17) is 4.74 Å². The Labute approximate surface area is 163 Å². The van der Waals surface area contributed by atoms with E-state index in [2.05, 4.69) is 0 Å². The molecule has 0 aliphatic carbocycles. The molecule has 29 heavy (non-hydrogen) atoms. The van der Waals surface area contributed by atoms with E-state index in [0.29, 0.717) is 16.2 Å². The Hall–Kier alpha value is -3.56. The van der Waals surface area contributed by atoms with Crippen molar-refractivity contribution in [1.29, 1.82) is 0 Å². The molecule has 0 radical (unpaired) electrons. The largest absolute Gasteiger partial charge is 0.497 e. The molecule has 1 heterocycles. The number of imide groups is 1. The molecule has 1 aliphatic rings. The minimum Gasteiger partial charge on any atom is -0.497 e. The van der Waals surface area contributed by atoms with Crippen LogP contribution in [0.15, 0.2) is 54.6 Å². The van der Waals surface area contributed by atoms with Crippen molar-refractivity contribution in [2.24, 2.45) is 0 Å². The summed E-state index contributed by atoms with van der Waals surface area (Å²) in [5.74, 6) is -2.40. The van der Waals surface area contributed by atoms with Crippen molar-refractivity contribution in [2.75, 3.05) is 7.11 Å². The van der Waals surface area contributed by atoms with Crippen LogP contribution in [0.2, 0.25) is 0 Å². The number of ether oxygens (including phenoxy) is 1. The van der Waals surface area contributed by atoms with Gasteiger partial charge in [0.1, 0.15) is 5.75 Å². The number of carbonyl (C=O) groups excluding carboxylic acids is 3. The summed E-state index contributed by atoms with van der Waals surface area (Å²) in [6.07, 6.45) is -5.27. The Morgan fingerprint density at radius 3 is 2.28 bits per heavy atom. The maximum absolute atomic E-state index is 13.8. The first-order valence-corrected chi connectivity index (χ1v) is 8.39. The molecule has 1 aliphatic heterocycles. The summed E-state index contributed by atoms with van der Waals surface area (Å²) in [4.78, 5) is 37.6. The van der Waals surface area contributed by atoms with Crippen LogP contribution in [-0.4, -0.2) is 41.7 Å². The zero-order valence-electron chi connectivity index (χ0n) is 15.1. The number of amides is 4. The Kier molecular flexibility index (Phi) is 5.19. The summed E-state index contributed by atoms with van der Waals surface area (Å²) in [6, 6.07) is 12.0. The molecule has 4 amide bonds. The van der Waals surface area contributed by atoms with Crippen molar-refractivity contribution < 1.29 is 32.3 Å². The van der Waals surface area contributed by atoms with Gasteiger partial charge in [0, 0.05) is 5.56 Å². The van der Waals surface area contributed by atoms with Crippen LogP contribution in [0.3, 0.4) is 0 Å². The van der Waals surface area contributed by atoms with Crippen LogP contribution < -0.4 is 15.4 Å². The molecule has 1 saturated heterocycles. The molecule has 2 N–H and O–H groups in total. The lowest BCUT2D eigenvalue weighted by molar-refractivity contribution is -0.200. The van der Waals surface area contributed by atoms with Crippen LogP contribution in [0.5, 0.6) is 5.75 Å². The lowest BCUT2D eigenvalue weighted by Gasteiger charge is -2.29. The number of nitrogens with zero attached hydrogens (tertiary/aromatic N) is 1. The minimum atomic E-state index is -5.27. The van der Waals surface area contributed by atoms with Gasteiger partial charge in [-0.1, -0.05) is 30.3 Å². The first kappa shape index (κ1) is 20.2. The molecular formula is C19H16F3N3O4. The number of carbonyl (C=O) groups is 3. The fourth-order valence-electron chi connectivity index (χ4n) is 2.82. The number of benzene rings is 2. The average molecular weight is 407 g/mol. The number of methoxy groups -OCH3 is 1. The monoisotopic (exact) mass is 407 g/mol. The number of alkyl halides is 3. The molecule has 10 heteroatoms. The predicted molar refractivity (Wildman–Crippen MR) is 94.8 cm³/mol. The topological polar surface area (TPSA) is 87.7 Å². The first-order chi connectivity index (χ1) is 13.7. The molecule has 1 fully saturated rings. The van der Waals surface area contributed by atoms with Crippen LogP contribution in [0.4, 0.5) is 18.0 Å². The SMILES string of the molecule is COc1ccc(C(=O)NC2(C(F)(F)F)NC(=O)N(Cc3ccccc3)C2=O)cc1. The van der Waals surface area contributed by atoms with Gasteiger partial charge in [0.05, 0.1) is 13.7 Å². The summed E-state index contributed by atoms with van der Waals surface area (Å²) >= 11 is 0. The van der Waals surface area contributed by atoms with Gasteiger partial charge in [-0.2, -0.15) is 13.2 Å². The zero-order valence-corrected chi connectivity index (χ0v) is 15.1. The zero-order chi connectivity index (χ0) is 21.2. The van der Waals surface area contributed by atoms with Crippen LogP contribution in [0, 0.1) is 0 Å². The van der Waals surface area contributed by atoms with E-state index >= 15 is 0 Å². The number of hydrogen-bond donors (Lipinski definition) is 2. The molecule has 7 nitrogen and oxygen atoms in total. The molecule has 2 aromatic carbocycles. The molecule has 152 valence electrons. The van der Waals surface area contributed by atoms with E-state index in [-0.39, 0.29) is 12.1 Å². The summed E-state index contributed by atoms with van der Waals surface area (Å²) in [5, 5.41) is 3.26. The van der Waals surface area contributed by atoms with Crippen LogP contribution >= 0.6 is 0 Å². The molecule has 0 saturated carbocycles. The number of halogens is 3. The molecule has 1 atom stereocenters. The second-order valence-electron chi connectivity index (χ2n) is 6.24. The van der Waals surface area contributed by atoms with Gasteiger partial charge in [-0.25, -0.2) is 4.79 Å². The third-order valence-electron chi connectivity index (χ3n) is 4.37. The summed E-state index contributed by atoms with van der Waals surface area (Å²) in [5.41, 5.74) is -3.25. The maximum Gasteiger partial charge on any atom is 0.440 e. The highest BCUT2D eigenvalue weighted by Crippen LogP contribution is 2.34. The van der Waals surface area contributed by atoms with Gasteiger partial charge in [0.2, 0.25) is 0 Å². The second kappa shape index (κ2) is 7.46. The summed E-state index contributed by atoms with van der Waals surface area (Å²) < 4.78 is 46.5. The van der Waals surface area contributed by atoms with E-state index in [0.717, 1.165) is 0 Å². The fourth-order valence-corrected chi connectivity index (χ4v) is 2.82. The average Bonchev–Trinajstić information content (AvgIpc) is 2.94. The number of hydrogen-bond acceptors (Lipinski definition) is 4. The quantitative estimate of drug-likeness (QED) is 0.746. The third kappa shape index (κ3) is 3.73. The van der Waals surface area contributed by atoms with Gasteiger partial charge in [0.15, 0.2) is 0 Å². The van der Waals surface area contributed by atoms with Crippen LogP contribution in [-0.2, 0) is 11.3 Å². The molecule has 0 aromatic heterocycles. The highest BCUT2D eigenvalue weighted by atomic mass is 19.4. The normalized spacial score (nSPS) is 19.1. The standard InChI is InChI=1S/C19H16F3N3O4/c1-29-14-9-7-13(8-10-14)15(26)23-18(19(20,21)22)16(27)25(17(28)24-18)11-12-5-3-2-4-6-12/h2-10H,11H2,1H3,(H,23,26)(H,24,28). The lowest BCUT2D eigenvalue weighted by atomic mass is 10.1. The van der Waals surface area contributed by atoms with Crippen LogP contribution in [0.1, 0.15) is 15.9 Å². The van der Waals surface area contributed by atoms with E-state index < -0.39 is 29.7 Å². The Morgan fingerprint density at radius 1 is 1.10 bits per heavy atom. The smallest absolute Gasteiger partial charge is 0.440 e. The van der Waals surface area contributed by atoms with Crippen molar-refractivity contribution in [2.45, 2.75) is 18.4 Å². The summed E-state index contributed by atoms with van der Waals surface area (Å²) in [6.45, 7) is -0.373. The van der Waals surface area contributed by atoms with Crippen molar-refractivity contribution in [3.05, 3.63) is 65.7 Å². The molecule has 2 aromatic rings. The van der Waals surface area contributed by atoms with Crippen LogP contribution in [0.25, 0.3) is 0 Å². The summed E-state index contributed by atoms with van der Waals surface area (Å²) in [7, 11) is 1.39. The minimum absolute atomic E-state index is 0.141. The maximum atomic E-state index is 13.8. The first-order valence-electron chi connectivity index (χ1n) is 8.39. The number of urea groups is 1. The molecule has 1 unspecified atom stereocenters. The van der Waals surface area contributed by atoms with E-state index in [1.165, 1.54) is 31.4 Å². The Morgan fingerprint density at radius 2 is 1.72 bits per heavy atom. The predicted octanol–water partition coefficient (Wildman–Crippen LogP) is 2.44. The van der Waals surface area contributed by atoms with Gasteiger partial charge >= 0.3 is 12.2 Å². The van der Waals surface area contributed by atoms with Gasteiger partial charge in [-0.05, 0) is 29.8 Å². The molecule has 3 rings (SSSR count). The van der Waals surface area contributed by atoms with Crippen molar-refractivity contribution in [1.82, 2.24) is 15.5 Å². The highest BCUT2D eigenvalue weighted by Gasteiger charge is 2.68. The highest BCUT2D eigenvalue weighted by molar-refractivity contribution is 6.10. The molecular weight excluding hydrogens is 391 g/mol. The Balaban J connectivity index is 1.89. The molecule has 0 spiro atoms. The van der Waals surface area contributed by atoms with E-state index in [1.807, 2.05) is 0 Å². The van der Waals surface area contributed by atoms with Gasteiger partial charge < -0.3 is 10.1 Å². The van der Waals surface area contributed by atoms with Crippen molar-refractivity contribution >= 4 is 17.8 Å². The van der Waals surface area contributed by atoms with Gasteiger partial charge in [-0.15, -0.1) is 0 Å². The van der Waals surface area contributed by atoms with Crippen molar-refractivity contribution in [3.63, 3.8) is 0 Å². The Bertz CT molecular complexity index is 932. The lowest BCUT2D eigenvalue weighted by Crippen LogP contribution is -2.69. The second-order valence-corrected chi connectivity index (χ2v) is 6.24. The van der Waals surface area contributed by atoms with Gasteiger partial charge in [-0.3, -0.25) is 19.8 Å². The van der Waals surface area contributed by atoms with Gasteiger partial charge in [0.25, 0.3) is 17.5 Å². The molecule has 0 bridgehead atoms. The third-order valence-corrected chi connectivity index (χ3v) is 4.37.